The van der Waals surface area contributed by atoms with Crippen LogP contribution in [-0.2, 0) is 21.9 Å². The lowest BCUT2D eigenvalue weighted by Crippen LogP contribution is -2.37. The van der Waals surface area contributed by atoms with Crippen molar-refractivity contribution in [3.63, 3.8) is 0 Å². The molecule has 0 spiro atoms. The van der Waals surface area contributed by atoms with Gasteiger partial charge < -0.3 is 4.90 Å². The van der Waals surface area contributed by atoms with Crippen LogP contribution in [-0.4, -0.2) is 35.5 Å². The van der Waals surface area contributed by atoms with E-state index in [0.717, 1.165) is 4.90 Å². The Hall–Kier alpha value is -2.98. The third kappa shape index (κ3) is 3.84. The van der Waals surface area contributed by atoms with E-state index in [2.05, 4.69) is 4.72 Å². The fourth-order valence-corrected chi connectivity index (χ4v) is 5.99. The second-order valence-corrected chi connectivity index (χ2v) is 10.9. The molecule has 10 heteroatoms. The van der Waals surface area contributed by atoms with Gasteiger partial charge in [0.05, 0.1) is 22.0 Å². The zero-order valence-electron chi connectivity index (χ0n) is 18.2. The lowest BCUT2D eigenvalue weighted by Gasteiger charge is -2.32. The number of carbonyl (C=O) groups excluding carboxylic acids is 1. The fraction of sp³-hybridized carbons (Fsp3) is 0.273. The Balaban J connectivity index is 1.75. The zero-order chi connectivity index (χ0) is 23.2. The van der Waals surface area contributed by atoms with Gasteiger partial charge >= 0.3 is 0 Å². The summed E-state index contributed by atoms with van der Waals surface area (Å²) in [7, 11) is -2.37. The number of benzene rings is 2. The van der Waals surface area contributed by atoms with E-state index < -0.39 is 15.6 Å². The van der Waals surface area contributed by atoms with Crippen LogP contribution in [0, 0.1) is 6.92 Å². The van der Waals surface area contributed by atoms with E-state index in [1.165, 1.54) is 23.7 Å². The number of fused-ring (bicyclic) bond motifs is 1. The van der Waals surface area contributed by atoms with E-state index in [4.69, 9.17) is 0 Å². The molecule has 0 aliphatic carbocycles. The van der Waals surface area contributed by atoms with Crippen LogP contribution < -0.4 is 15.2 Å². The summed E-state index contributed by atoms with van der Waals surface area (Å²) in [6.45, 7) is 5.67. The van der Waals surface area contributed by atoms with Crippen LogP contribution in [0.5, 0.6) is 0 Å². The predicted molar refractivity (Wildman–Crippen MR) is 126 cm³/mol. The third-order valence-corrected chi connectivity index (χ3v) is 7.97. The van der Waals surface area contributed by atoms with Crippen molar-refractivity contribution in [1.29, 1.82) is 0 Å². The van der Waals surface area contributed by atoms with Crippen LogP contribution in [0.2, 0.25) is 0 Å². The average Bonchev–Trinajstić information content (AvgIpc) is 2.96. The second kappa shape index (κ2) is 8.18. The number of carbonyl (C=O) groups is 1. The largest absolute Gasteiger partial charge is 0.310 e. The number of para-hydroxylation sites is 1. The summed E-state index contributed by atoms with van der Waals surface area (Å²) in [5, 5.41) is 0.204. The topological polar surface area (TPSA) is 93.4 Å². The maximum absolute atomic E-state index is 13.2. The molecule has 168 valence electrons. The molecular formula is C22H24N4O4S2. The van der Waals surface area contributed by atoms with Gasteiger partial charge in [-0.2, -0.15) is 0 Å². The number of thioether (sulfide) groups is 1. The summed E-state index contributed by atoms with van der Waals surface area (Å²) in [5.74, 6) is -0.148. The lowest BCUT2D eigenvalue weighted by molar-refractivity contribution is -0.116. The smallest absolute Gasteiger partial charge is 0.296 e. The first-order valence-electron chi connectivity index (χ1n) is 10.1. The first-order chi connectivity index (χ1) is 15.1. The summed E-state index contributed by atoms with van der Waals surface area (Å²) in [6, 6.07) is 13.7. The molecule has 3 aromatic rings. The van der Waals surface area contributed by atoms with E-state index in [-0.39, 0.29) is 21.7 Å². The molecule has 1 aromatic heterocycles. The minimum Gasteiger partial charge on any atom is -0.310 e. The zero-order valence-corrected chi connectivity index (χ0v) is 19.8. The highest BCUT2D eigenvalue weighted by Crippen LogP contribution is 2.39. The van der Waals surface area contributed by atoms with Gasteiger partial charge in [-0.25, -0.2) is 13.1 Å². The number of sulfonamides is 1. The van der Waals surface area contributed by atoms with Gasteiger partial charge in [0, 0.05) is 30.7 Å². The molecule has 0 saturated carbocycles. The van der Waals surface area contributed by atoms with Gasteiger partial charge in [0.15, 0.2) is 0 Å². The molecule has 1 atom stereocenters. The molecule has 0 fully saturated rings. The van der Waals surface area contributed by atoms with Crippen LogP contribution in [0.4, 0.5) is 11.4 Å². The molecule has 32 heavy (non-hydrogen) atoms. The summed E-state index contributed by atoms with van der Waals surface area (Å²) < 4.78 is 31.9. The number of amides is 1. The molecule has 1 aliphatic rings. The van der Waals surface area contributed by atoms with Gasteiger partial charge in [-0.05, 0) is 37.3 Å². The maximum atomic E-state index is 13.2. The Morgan fingerprint density at radius 1 is 1.16 bits per heavy atom. The van der Waals surface area contributed by atoms with Gasteiger partial charge in [-0.15, -0.1) is 11.8 Å². The van der Waals surface area contributed by atoms with Gasteiger partial charge in [0.25, 0.3) is 15.6 Å². The number of aromatic nitrogens is 2. The van der Waals surface area contributed by atoms with Gasteiger partial charge in [0.2, 0.25) is 5.91 Å². The Morgan fingerprint density at radius 3 is 2.50 bits per heavy atom. The number of hydrogen-bond acceptors (Lipinski definition) is 5. The van der Waals surface area contributed by atoms with Crippen molar-refractivity contribution < 1.29 is 13.2 Å². The Morgan fingerprint density at radius 2 is 1.84 bits per heavy atom. The molecule has 1 unspecified atom stereocenters. The molecule has 1 aliphatic heterocycles. The summed E-state index contributed by atoms with van der Waals surface area (Å²) >= 11 is 1.60. The molecular weight excluding hydrogens is 448 g/mol. The molecule has 1 N–H and O–H groups in total. The van der Waals surface area contributed by atoms with Crippen molar-refractivity contribution in [3.05, 3.63) is 64.6 Å². The predicted octanol–water partition coefficient (Wildman–Crippen LogP) is 3.13. The van der Waals surface area contributed by atoms with Crippen molar-refractivity contribution in [2.75, 3.05) is 16.2 Å². The number of nitrogens with one attached hydrogen (secondary N) is 1. The van der Waals surface area contributed by atoms with Crippen LogP contribution in [0.15, 0.2) is 63.1 Å². The molecule has 1 amide bonds. The first kappa shape index (κ1) is 22.2. The summed E-state index contributed by atoms with van der Waals surface area (Å²) in [6.07, 6.45) is 0. The normalized spacial score (nSPS) is 16.0. The van der Waals surface area contributed by atoms with Crippen LogP contribution >= 0.6 is 11.8 Å². The standard InChI is InChI=1S/C22H24N4O4S2/c1-14-13-25(16(3)27)19-12-18(10-11-20(19)31-14)32(29,30)23-21-15(2)24(4)26(22(21)28)17-8-6-5-7-9-17/h5-12,14,23H,13H2,1-4H3. The molecule has 8 nitrogen and oxygen atoms in total. The Kier molecular flexibility index (Phi) is 5.68. The van der Waals surface area contributed by atoms with Gasteiger partial charge in [0.1, 0.15) is 5.69 Å². The molecule has 0 saturated heterocycles. The maximum Gasteiger partial charge on any atom is 0.296 e. The monoisotopic (exact) mass is 472 g/mol. The van der Waals surface area contributed by atoms with E-state index in [1.807, 2.05) is 13.0 Å². The molecule has 2 heterocycles. The highest BCUT2D eigenvalue weighted by atomic mass is 32.2. The third-order valence-electron chi connectivity index (χ3n) is 5.47. The van der Waals surface area contributed by atoms with Crippen molar-refractivity contribution in [3.8, 4) is 5.69 Å². The van der Waals surface area contributed by atoms with Crippen molar-refractivity contribution in [2.45, 2.75) is 35.8 Å². The van der Waals surface area contributed by atoms with E-state index in [9.17, 15) is 18.0 Å². The van der Waals surface area contributed by atoms with Gasteiger partial charge in [-0.3, -0.25) is 19.0 Å². The van der Waals surface area contributed by atoms with Crippen molar-refractivity contribution >= 4 is 39.1 Å². The highest BCUT2D eigenvalue weighted by Gasteiger charge is 2.28. The van der Waals surface area contributed by atoms with Crippen molar-refractivity contribution in [2.24, 2.45) is 7.05 Å². The van der Waals surface area contributed by atoms with E-state index in [0.29, 0.717) is 23.6 Å². The summed E-state index contributed by atoms with van der Waals surface area (Å²) in [5.41, 5.74) is 1.20. The highest BCUT2D eigenvalue weighted by molar-refractivity contribution is 8.00. The molecule has 0 bridgehead atoms. The average molecular weight is 473 g/mol. The molecule has 0 radical (unpaired) electrons. The quantitative estimate of drug-likeness (QED) is 0.630. The number of anilines is 2. The lowest BCUT2D eigenvalue weighted by atomic mass is 10.2. The van der Waals surface area contributed by atoms with E-state index >= 15 is 0 Å². The molecule has 2 aromatic carbocycles. The Bertz CT molecular complexity index is 1360. The number of rotatable bonds is 4. The Labute approximate surface area is 190 Å². The summed E-state index contributed by atoms with van der Waals surface area (Å²) in [4.78, 5) is 27.6. The van der Waals surface area contributed by atoms with Crippen LogP contribution in [0.3, 0.4) is 0 Å². The molecule has 4 rings (SSSR count). The minimum absolute atomic E-state index is 0.00781. The van der Waals surface area contributed by atoms with Crippen molar-refractivity contribution in [1.82, 2.24) is 9.36 Å². The minimum atomic E-state index is -4.06. The fourth-order valence-electron chi connectivity index (χ4n) is 3.76. The van der Waals surface area contributed by atoms with Crippen LogP contribution in [0.25, 0.3) is 5.69 Å². The SMILES string of the molecule is CC(=O)N1CC(C)Sc2ccc(S(=O)(=O)Nc3c(C)n(C)n(-c4ccccc4)c3=O)cc21. The van der Waals surface area contributed by atoms with Crippen LogP contribution in [0.1, 0.15) is 19.5 Å². The second-order valence-electron chi connectivity index (χ2n) is 7.73. The number of hydrogen-bond donors (Lipinski definition) is 1. The number of nitrogens with zero attached hydrogens (tertiary/aromatic N) is 3. The van der Waals surface area contributed by atoms with E-state index in [1.54, 1.807) is 65.6 Å². The van der Waals surface area contributed by atoms with Gasteiger partial charge in [-0.1, -0.05) is 25.1 Å². The first-order valence-corrected chi connectivity index (χ1v) is 12.4.